The van der Waals surface area contributed by atoms with E-state index in [2.05, 4.69) is 5.32 Å². The van der Waals surface area contributed by atoms with Crippen LogP contribution in [0.4, 0.5) is 22.0 Å². The first-order chi connectivity index (χ1) is 9.60. The molecule has 120 valence electrons. The van der Waals surface area contributed by atoms with E-state index >= 15 is 0 Å². The van der Waals surface area contributed by atoms with Gasteiger partial charge >= 0.3 is 0 Å². The van der Waals surface area contributed by atoms with E-state index < -0.39 is 40.7 Å². The van der Waals surface area contributed by atoms with Crippen LogP contribution in [0.5, 0.6) is 0 Å². The highest BCUT2D eigenvalue weighted by Gasteiger charge is 2.30. The number of nitrogens with one attached hydrogen (secondary N) is 1. The predicted molar refractivity (Wildman–Crippen MR) is 71.3 cm³/mol. The van der Waals surface area contributed by atoms with Gasteiger partial charge in [0.25, 0.3) is 0 Å². The Morgan fingerprint density at radius 1 is 0.857 bits per heavy atom. The molecule has 1 aromatic rings. The van der Waals surface area contributed by atoms with Crippen molar-refractivity contribution in [1.29, 1.82) is 0 Å². The second kappa shape index (κ2) is 6.73. The fraction of sp³-hybridized carbons (Fsp3) is 0.600. The summed E-state index contributed by atoms with van der Waals surface area (Å²) in [7, 11) is 0. The largest absolute Gasteiger partial charge is 0.310 e. The van der Waals surface area contributed by atoms with Gasteiger partial charge in [-0.3, -0.25) is 0 Å². The van der Waals surface area contributed by atoms with Gasteiger partial charge in [-0.05, 0) is 24.8 Å². The lowest BCUT2D eigenvalue weighted by atomic mass is 9.87. The topological polar surface area (TPSA) is 12.0 Å². The summed E-state index contributed by atoms with van der Waals surface area (Å²) in [5, 5.41) is 2.79. The maximum absolute atomic E-state index is 13.8. The molecule has 21 heavy (non-hydrogen) atoms. The Morgan fingerprint density at radius 2 is 1.29 bits per heavy atom. The van der Waals surface area contributed by atoms with Crippen LogP contribution in [0.15, 0.2) is 0 Å². The number of benzene rings is 1. The summed E-state index contributed by atoms with van der Waals surface area (Å²) >= 11 is 0. The van der Waals surface area contributed by atoms with Crippen LogP contribution in [-0.2, 0) is 0 Å². The normalized spacial score (nSPS) is 13.6. The summed E-state index contributed by atoms with van der Waals surface area (Å²) < 4.78 is 67.3. The third-order valence-corrected chi connectivity index (χ3v) is 3.23. The molecule has 1 unspecified atom stereocenters. The molecule has 0 bridgehead atoms. The van der Waals surface area contributed by atoms with Crippen molar-refractivity contribution < 1.29 is 22.0 Å². The zero-order valence-electron chi connectivity index (χ0n) is 12.6. The van der Waals surface area contributed by atoms with Crippen molar-refractivity contribution in [2.75, 3.05) is 6.54 Å². The van der Waals surface area contributed by atoms with Gasteiger partial charge in [0.1, 0.15) is 0 Å². The molecule has 0 fully saturated rings. The number of rotatable bonds is 5. The smallest absolute Gasteiger partial charge is 0.200 e. The minimum absolute atomic E-state index is 0.113. The van der Waals surface area contributed by atoms with Crippen molar-refractivity contribution >= 4 is 0 Å². The zero-order valence-corrected chi connectivity index (χ0v) is 12.6. The van der Waals surface area contributed by atoms with Gasteiger partial charge in [-0.25, -0.2) is 22.0 Å². The summed E-state index contributed by atoms with van der Waals surface area (Å²) in [4.78, 5) is 0. The van der Waals surface area contributed by atoms with Crippen LogP contribution in [0.25, 0.3) is 0 Å². The molecule has 0 aliphatic rings. The molecule has 6 heteroatoms. The SMILES string of the molecule is CCNC(CCC(C)(C)C)c1c(F)c(F)c(F)c(F)c1F. The molecular weight excluding hydrogens is 289 g/mol. The first-order valence-electron chi connectivity index (χ1n) is 6.84. The lowest BCUT2D eigenvalue weighted by molar-refractivity contribution is 0.313. The standard InChI is InChI=1S/C15H20F5N/c1-5-21-8(6-7-15(2,3)4)9-10(16)12(18)14(20)13(19)11(9)17/h8,21H,5-7H2,1-4H3. The molecule has 1 aromatic carbocycles. The van der Waals surface area contributed by atoms with E-state index in [1.165, 1.54) is 0 Å². The van der Waals surface area contributed by atoms with Crippen molar-refractivity contribution in [3.05, 3.63) is 34.6 Å². The molecule has 0 amide bonds. The van der Waals surface area contributed by atoms with Crippen LogP contribution < -0.4 is 5.32 Å². The van der Waals surface area contributed by atoms with Gasteiger partial charge in [0.05, 0.1) is 0 Å². The average Bonchev–Trinajstić information content (AvgIpc) is 2.39. The van der Waals surface area contributed by atoms with Gasteiger partial charge in [0, 0.05) is 11.6 Å². The predicted octanol–water partition coefficient (Wildman–Crippen LogP) is 4.86. The van der Waals surface area contributed by atoms with Gasteiger partial charge < -0.3 is 5.32 Å². The van der Waals surface area contributed by atoms with Gasteiger partial charge in [0.2, 0.25) is 5.82 Å². The lowest BCUT2D eigenvalue weighted by Gasteiger charge is -2.25. The Hall–Kier alpha value is -1.17. The molecule has 0 radical (unpaired) electrons. The highest BCUT2D eigenvalue weighted by Crippen LogP contribution is 2.32. The van der Waals surface area contributed by atoms with Gasteiger partial charge in [-0.15, -0.1) is 0 Å². The highest BCUT2D eigenvalue weighted by atomic mass is 19.2. The van der Waals surface area contributed by atoms with Gasteiger partial charge in [0.15, 0.2) is 23.3 Å². The van der Waals surface area contributed by atoms with E-state index in [9.17, 15) is 22.0 Å². The third kappa shape index (κ3) is 4.15. The molecule has 0 spiro atoms. The highest BCUT2D eigenvalue weighted by molar-refractivity contribution is 5.27. The maximum atomic E-state index is 13.8. The average molecular weight is 309 g/mol. The molecule has 1 rings (SSSR count). The molecule has 1 nitrogen and oxygen atoms in total. The summed E-state index contributed by atoms with van der Waals surface area (Å²) in [6.07, 6.45) is 0.847. The van der Waals surface area contributed by atoms with Crippen molar-refractivity contribution in [2.45, 2.75) is 46.6 Å². The quantitative estimate of drug-likeness (QED) is 0.465. The Morgan fingerprint density at radius 3 is 1.67 bits per heavy atom. The van der Waals surface area contributed by atoms with Crippen molar-refractivity contribution in [1.82, 2.24) is 5.32 Å². The number of hydrogen-bond donors (Lipinski definition) is 1. The zero-order chi connectivity index (χ0) is 16.4. The summed E-state index contributed by atoms with van der Waals surface area (Å²) in [5.74, 6) is -9.44. The van der Waals surface area contributed by atoms with Crippen LogP contribution in [-0.4, -0.2) is 6.54 Å². The van der Waals surface area contributed by atoms with Crippen molar-refractivity contribution in [3.8, 4) is 0 Å². The number of hydrogen-bond acceptors (Lipinski definition) is 1. The molecule has 1 atom stereocenters. The molecule has 0 aliphatic heterocycles. The second-order valence-corrected chi connectivity index (χ2v) is 6.19. The molecule has 1 N–H and O–H groups in total. The van der Waals surface area contributed by atoms with Crippen LogP contribution >= 0.6 is 0 Å². The Kier molecular flexibility index (Phi) is 5.73. The summed E-state index contributed by atoms with van der Waals surface area (Å²) in [6, 6.07) is -0.918. The van der Waals surface area contributed by atoms with Gasteiger partial charge in [-0.2, -0.15) is 0 Å². The molecule has 0 aromatic heterocycles. The van der Waals surface area contributed by atoms with E-state index in [-0.39, 0.29) is 11.8 Å². The number of halogens is 5. The van der Waals surface area contributed by atoms with E-state index in [1.54, 1.807) is 6.92 Å². The molecule has 0 heterocycles. The van der Waals surface area contributed by atoms with E-state index in [0.29, 0.717) is 13.0 Å². The monoisotopic (exact) mass is 309 g/mol. The first-order valence-corrected chi connectivity index (χ1v) is 6.84. The lowest BCUT2D eigenvalue weighted by Crippen LogP contribution is -2.26. The molecule has 0 saturated carbocycles. The minimum atomic E-state index is -2.13. The molecule has 0 saturated heterocycles. The van der Waals surface area contributed by atoms with E-state index in [4.69, 9.17) is 0 Å². The van der Waals surface area contributed by atoms with Crippen LogP contribution in [0.2, 0.25) is 0 Å². The van der Waals surface area contributed by atoms with E-state index in [0.717, 1.165) is 0 Å². The van der Waals surface area contributed by atoms with E-state index in [1.807, 2.05) is 20.8 Å². The maximum Gasteiger partial charge on any atom is 0.200 e. The molecular formula is C15H20F5N. The fourth-order valence-corrected chi connectivity index (χ4v) is 2.10. The Labute approximate surface area is 121 Å². The van der Waals surface area contributed by atoms with Crippen LogP contribution in [0, 0.1) is 34.5 Å². The third-order valence-electron chi connectivity index (χ3n) is 3.23. The fourth-order valence-electron chi connectivity index (χ4n) is 2.10. The second-order valence-electron chi connectivity index (χ2n) is 6.19. The molecule has 0 aliphatic carbocycles. The summed E-state index contributed by atoms with van der Waals surface area (Å²) in [5.41, 5.74) is -0.893. The first kappa shape index (κ1) is 17.9. The minimum Gasteiger partial charge on any atom is -0.310 e. The van der Waals surface area contributed by atoms with Crippen molar-refractivity contribution in [2.24, 2.45) is 5.41 Å². The summed E-state index contributed by atoms with van der Waals surface area (Å²) in [6.45, 7) is 7.88. The van der Waals surface area contributed by atoms with Crippen molar-refractivity contribution in [3.63, 3.8) is 0 Å². The Bertz CT molecular complexity index is 479. The van der Waals surface area contributed by atoms with Gasteiger partial charge in [-0.1, -0.05) is 27.7 Å². The van der Waals surface area contributed by atoms with Crippen LogP contribution in [0.1, 0.15) is 52.1 Å². The Balaban J connectivity index is 3.25. The van der Waals surface area contributed by atoms with Crippen LogP contribution in [0.3, 0.4) is 0 Å².